The molecule has 0 saturated carbocycles. The second kappa shape index (κ2) is 7.09. The SMILES string of the molecule is CC(C)=CCC/C(C)=C/C[O][V](=[O])([OH])[OH]. The molecule has 0 fully saturated rings. The van der Waals surface area contributed by atoms with Gasteiger partial charge in [0.1, 0.15) is 0 Å². The van der Waals surface area contributed by atoms with Crippen LogP contribution in [0.3, 0.4) is 0 Å². The molecule has 0 heterocycles. The van der Waals surface area contributed by atoms with Crippen molar-refractivity contribution < 1.29 is 30.4 Å². The van der Waals surface area contributed by atoms with Gasteiger partial charge in [-0.15, -0.1) is 0 Å². The molecule has 0 rings (SSSR count). The monoisotopic (exact) mass is 254 g/mol. The Morgan fingerprint density at radius 1 is 1.27 bits per heavy atom. The van der Waals surface area contributed by atoms with Crippen molar-refractivity contribution in [1.29, 1.82) is 0 Å². The van der Waals surface area contributed by atoms with E-state index in [0.717, 1.165) is 18.4 Å². The molecule has 0 aliphatic carbocycles. The van der Waals surface area contributed by atoms with Crippen molar-refractivity contribution in [2.45, 2.75) is 33.6 Å². The molecule has 0 bridgehead atoms. The van der Waals surface area contributed by atoms with Gasteiger partial charge in [0.2, 0.25) is 0 Å². The quantitative estimate of drug-likeness (QED) is 0.711. The molecule has 0 aromatic carbocycles. The van der Waals surface area contributed by atoms with Gasteiger partial charge < -0.3 is 0 Å². The van der Waals surface area contributed by atoms with Crippen LogP contribution in [-0.4, -0.2) is 14.7 Å². The Morgan fingerprint density at radius 2 is 1.87 bits per heavy atom. The number of allylic oxidation sites excluding steroid dienone is 3. The van der Waals surface area contributed by atoms with Crippen molar-refractivity contribution in [2.75, 3.05) is 6.61 Å². The number of rotatable bonds is 6. The molecule has 2 N–H and O–H groups in total. The van der Waals surface area contributed by atoms with Gasteiger partial charge in [0.15, 0.2) is 0 Å². The molecule has 0 amide bonds. The van der Waals surface area contributed by atoms with Crippen LogP contribution in [0.5, 0.6) is 0 Å². The first-order valence-electron chi connectivity index (χ1n) is 4.80. The van der Waals surface area contributed by atoms with E-state index in [-0.39, 0.29) is 6.61 Å². The van der Waals surface area contributed by atoms with Crippen molar-refractivity contribution in [3.05, 3.63) is 23.3 Å². The Morgan fingerprint density at radius 3 is 2.33 bits per heavy atom. The second-order valence-corrected chi connectivity index (χ2v) is 5.59. The fourth-order valence-corrected chi connectivity index (χ4v) is 1.39. The van der Waals surface area contributed by atoms with E-state index in [2.05, 4.69) is 9.74 Å². The molecule has 0 atom stereocenters. The second-order valence-electron chi connectivity index (χ2n) is 3.66. The van der Waals surface area contributed by atoms with Crippen LogP contribution >= 0.6 is 0 Å². The number of hydrogen-bond donors (Lipinski definition) is 2. The number of hydrogen-bond acceptors (Lipinski definition) is 2. The van der Waals surface area contributed by atoms with Gasteiger partial charge in [-0.1, -0.05) is 0 Å². The Bertz CT molecular complexity index is 284. The van der Waals surface area contributed by atoms with E-state index in [1.54, 1.807) is 6.08 Å². The average Bonchev–Trinajstić information content (AvgIpc) is 2.00. The van der Waals surface area contributed by atoms with E-state index in [1.165, 1.54) is 5.57 Å². The van der Waals surface area contributed by atoms with Crippen LogP contribution in [0.2, 0.25) is 0 Å². The van der Waals surface area contributed by atoms with Crippen LogP contribution < -0.4 is 0 Å². The third kappa shape index (κ3) is 11.7. The Balaban J connectivity index is 3.80. The van der Waals surface area contributed by atoms with Gasteiger partial charge in [-0.25, -0.2) is 0 Å². The molecular formula is C10H19O4V. The van der Waals surface area contributed by atoms with Gasteiger partial charge in [-0.2, -0.15) is 0 Å². The summed E-state index contributed by atoms with van der Waals surface area (Å²) < 4.78 is 31.8. The molecular weight excluding hydrogens is 235 g/mol. The van der Waals surface area contributed by atoms with Crippen LogP contribution in [0.1, 0.15) is 33.6 Å². The normalized spacial score (nSPS) is 12.7. The van der Waals surface area contributed by atoms with Gasteiger partial charge in [-0.3, -0.25) is 0 Å². The van der Waals surface area contributed by atoms with Crippen molar-refractivity contribution in [2.24, 2.45) is 0 Å². The molecule has 0 aromatic heterocycles. The summed E-state index contributed by atoms with van der Waals surface area (Å²) in [6, 6.07) is 0. The summed E-state index contributed by atoms with van der Waals surface area (Å²) in [5.74, 6) is 0. The summed E-state index contributed by atoms with van der Waals surface area (Å²) in [6.45, 7) is 6.00. The topological polar surface area (TPSA) is 66.8 Å². The van der Waals surface area contributed by atoms with Gasteiger partial charge in [-0.05, 0) is 0 Å². The fraction of sp³-hybridized carbons (Fsp3) is 0.600. The van der Waals surface area contributed by atoms with Crippen molar-refractivity contribution in [3.63, 3.8) is 0 Å². The predicted molar refractivity (Wildman–Crippen MR) is 53.5 cm³/mol. The van der Waals surface area contributed by atoms with Crippen molar-refractivity contribution in [1.82, 2.24) is 0 Å². The predicted octanol–water partition coefficient (Wildman–Crippen LogP) is 1.92. The zero-order valence-corrected chi connectivity index (χ0v) is 10.8. The van der Waals surface area contributed by atoms with E-state index in [4.69, 9.17) is 8.06 Å². The van der Waals surface area contributed by atoms with Crippen LogP contribution in [-0.2, 0) is 22.4 Å². The fourth-order valence-electron chi connectivity index (χ4n) is 0.967. The summed E-state index contributed by atoms with van der Waals surface area (Å²) in [7, 11) is 0. The van der Waals surface area contributed by atoms with E-state index in [9.17, 15) is 3.67 Å². The minimum atomic E-state index is -4.89. The Kier molecular flexibility index (Phi) is 6.97. The maximum absolute atomic E-state index is 10.4. The van der Waals surface area contributed by atoms with E-state index < -0.39 is 15.0 Å². The molecule has 0 aliphatic rings. The molecule has 5 heteroatoms. The molecule has 0 aromatic rings. The molecule has 88 valence electrons. The molecule has 15 heavy (non-hydrogen) atoms. The third-order valence-corrected chi connectivity index (χ3v) is 2.52. The van der Waals surface area contributed by atoms with Crippen LogP contribution in [0.4, 0.5) is 0 Å². The zero-order valence-electron chi connectivity index (χ0n) is 9.43. The van der Waals surface area contributed by atoms with Crippen LogP contribution in [0, 0.1) is 0 Å². The van der Waals surface area contributed by atoms with Gasteiger partial charge in [0.25, 0.3) is 0 Å². The summed E-state index contributed by atoms with van der Waals surface area (Å²) in [4.78, 5) is 0. The van der Waals surface area contributed by atoms with Crippen molar-refractivity contribution in [3.8, 4) is 0 Å². The van der Waals surface area contributed by atoms with Gasteiger partial charge in [0, 0.05) is 0 Å². The maximum atomic E-state index is 10.4. The minimum absolute atomic E-state index is 0.00977. The molecule has 0 radical (unpaired) electrons. The molecule has 0 unspecified atom stereocenters. The first kappa shape index (κ1) is 14.7. The summed E-state index contributed by atoms with van der Waals surface area (Å²) in [6.07, 6.45) is 5.68. The molecule has 0 saturated heterocycles. The standard InChI is InChI=1S/C10H17O.2H2O.O.V/c1-9(2)5-4-6-10(3)7-8-11;;;;/h5,7H,4,6,8H2,1-3H3;2*1H2;;/q-1;;;;+3/p-2/b10-7+;;;;. The summed E-state index contributed by atoms with van der Waals surface area (Å²) in [5, 5.41) is 0. The van der Waals surface area contributed by atoms with E-state index >= 15 is 0 Å². The van der Waals surface area contributed by atoms with Gasteiger partial charge >= 0.3 is 93.9 Å². The van der Waals surface area contributed by atoms with Crippen LogP contribution in [0.15, 0.2) is 23.3 Å². The van der Waals surface area contributed by atoms with Crippen LogP contribution in [0.25, 0.3) is 0 Å². The zero-order chi connectivity index (χ0) is 11.9. The third-order valence-electron chi connectivity index (χ3n) is 1.77. The Hall–Kier alpha value is -0.256. The average molecular weight is 254 g/mol. The molecule has 0 spiro atoms. The summed E-state index contributed by atoms with van der Waals surface area (Å²) in [5.41, 5.74) is 2.36. The first-order chi connectivity index (χ1) is 6.81. The van der Waals surface area contributed by atoms with E-state index in [0.29, 0.717) is 0 Å². The first-order valence-corrected chi connectivity index (χ1v) is 7.19. The van der Waals surface area contributed by atoms with Gasteiger partial charge in [0.05, 0.1) is 0 Å². The van der Waals surface area contributed by atoms with E-state index in [1.807, 2.05) is 20.8 Å². The van der Waals surface area contributed by atoms with Crippen molar-refractivity contribution >= 4 is 0 Å². The molecule has 4 nitrogen and oxygen atoms in total. The molecule has 0 aliphatic heterocycles. The summed E-state index contributed by atoms with van der Waals surface area (Å²) >= 11 is -4.89. The Labute approximate surface area is 94.2 Å².